The zero-order valence-corrected chi connectivity index (χ0v) is 18.5. The summed E-state index contributed by atoms with van der Waals surface area (Å²) in [6.07, 6.45) is 0.281. The fraction of sp³-hybridized carbons (Fsp3) is 0.684. The van der Waals surface area contributed by atoms with Gasteiger partial charge in [0, 0.05) is 57.9 Å². The van der Waals surface area contributed by atoms with Crippen LogP contribution in [-0.4, -0.2) is 42.8 Å². The van der Waals surface area contributed by atoms with Crippen molar-refractivity contribution in [3.05, 3.63) is 34.4 Å². The zero-order chi connectivity index (χ0) is 16.3. The van der Waals surface area contributed by atoms with Gasteiger partial charge in [0.25, 0.3) is 0 Å². The summed E-state index contributed by atoms with van der Waals surface area (Å²) in [5.41, 5.74) is 5.41. The molecule has 23 heavy (non-hydrogen) atoms. The third-order valence-corrected chi connectivity index (χ3v) is 4.32. The van der Waals surface area contributed by atoms with Crippen molar-refractivity contribution in [2.45, 2.75) is 59.7 Å². The van der Waals surface area contributed by atoms with E-state index < -0.39 is 0 Å². The molecule has 4 heteroatoms. The van der Waals surface area contributed by atoms with Gasteiger partial charge in [-0.2, -0.15) is 28.8 Å². The molecule has 1 heterocycles. The Bertz CT molecular complexity index is 511. The second-order valence-corrected chi connectivity index (χ2v) is 7.59. The SMILES string of the molecule is Cc1[c-]c(C)c(CN2CCOC(CNC(C)(C)C)C2)cc1C.[Y]. The van der Waals surface area contributed by atoms with Crippen LogP contribution in [0.15, 0.2) is 6.07 Å². The second kappa shape index (κ2) is 9.05. The van der Waals surface area contributed by atoms with E-state index in [2.05, 4.69) is 63.9 Å². The summed E-state index contributed by atoms with van der Waals surface area (Å²) in [5, 5.41) is 3.55. The molecule has 0 aromatic heterocycles. The first-order valence-electron chi connectivity index (χ1n) is 8.32. The van der Waals surface area contributed by atoms with Crippen molar-refractivity contribution in [3.63, 3.8) is 0 Å². The van der Waals surface area contributed by atoms with Crippen LogP contribution < -0.4 is 5.32 Å². The van der Waals surface area contributed by atoms with E-state index in [0.29, 0.717) is 0 Å². The van der Waals surface area contributed by atoms with Crippen molar-refractivity contribution in [3.8, 4) is 0 Å². The van der Waals surface area contributed by atoms with Crippen molar-refractivity contribution >= 4 is 0 Å². The van der Waals surface area contributed by atoms with Gasteiger partial charge in [-0.05, 0) is 27.3 Å². The molecule has 0 spiro atoms. The van der Waals surface area contributed by atoms with Crippen molar-refractivity contribution in [1.29, 1.82) is 0 Å². The third kappa shape index (κ3) is 6.91. The third-order valence-electron chi connectivity index (χ3n) is 4.32. The molecule has 1 aromatic rings. The number of hydrogen-bond acceptors (Lipinski definition) is 3. The number of nitrogens with one attached hydrogen (secondary N) is 1. The number of nitrogens with zero attached hydrogens (tertiary/aromatic N) is 1. The van der Waals surface area contributed by atoms with E-state index in [1.165, 1.54) is 22.3 Å². The van der Waals surface area contributed by atoms with Gasteiger partial charge in [-0.15, -0.1) is 5.56 Å². The summed E-state index contributed by atoms with van der Waals surface area (Å²) in [6, 6.07) is 5.80. The summed E-state index contributed by atoms with van der Waals surface area (Å²) in [4.78, 5) is 2.50. The first-order chi connectivity index (χ1) is 10.2. The molecule has 1 aliphatic rings. The Kier molecular flexibility index (Phi) is 8.36. The van der Waals surface area contributed by atoms with Crippen LogP contribution >= 0.6 is 0 Å². The molecule has 1 saturated heterocycles. The van der Waals surface area contributed by atoms with Gasteiger partial charge in [0.05, 0.1) is 12.7 Å². The maximum atomic E-state index is 5.90. The minimum Gasteiger partial charge on any atom is -0.374 e. The molecule has 0 amide bonds. The summed E-state index contributed by atoms with van der Waals surface area (Å²) in [6.45, 7) is 17.8. The largest absolute Gasteiger partial charge is 0.374 e. The Labute approximate surface area is 167 Å². The maximum Gasteiger partial charge on any atom is 0.0826 e. The molecule has 1 aromatic carbocycles. The molecule has 1 atom stereocenters. The number of ether oxygens (including phenoxy) is 1. The summed E-state index contributed by atoms with van der Waals surface area (Å²) < 4.78 is 5.90. The Balaban J connectivity index is 0.00000264. The average Bonchev–Trinajstić information content (AvgIpc) is 2.42. The maximum absolute atomic E-state index is 5.90. The number of hydrogen-bond donors (Lipinski definition) is 1. The number of rotatable bonds is 4. The first kappa shape index (κ1) is 21.2. The topological polar surface area (TPSA) is 24.5 Å². The summed E-state index contributed by atoms with van der Waals surface area (Å²) >= 11 is 0. The van der Waals surface area contributed by atoms with Gasteiger partial charge in [0.2, 0.25) is 0 Å². The van der Waals surface area contributed by atoms with Gasteiger partial charge in [-0.25, -0.2) is 0 Å². The van der Waals surface area contributed by atoms with Gasteiger partial charge in [-0.3, -0.25) is 0 Å². The van der Waals surface area contributed by atoms with Crippen molar-refractivity contribution in [2.75, 3.05) is 26.2 Å². The molecule has 1 aliphatic heterocycles. The van der Waals surface area contributed by atoms with E-state index in [-0.39, 0.29) is 44.4 Å². The average molecular weight is 392 g/mol. The molecule has 0 aliphatic carbocycles. The smallest absolute Gasteiger partial charge is 0.0826 e. The minimum atomic E-state index is 0. The van der Waals surface area contributed by atoms with Crippen LogP contribution in [0.25, 0.3) is 0 Å². The zero-order valence-electron chi connectivity index (χ0n) is 15.6. The van der Waals surface area contributed by atoms with E-state index in [1.807, 2.05) is 0 Å². The molecular formula is C19H31N2OY-. The Morgan fingerprint density at radius 3 is 2.61 bits per heavy atom. The predicted molar refractivity (Wildman–Crippen MR) is 92.3 cm³/mol. The van der Waals surface area contributed by atoms with Crippen LogP contribution in [0.3, 0.4) is 0 Å². The van der Waals surface area contributed by atoms with Crippen LogP contribution in [0.2, 0.25) is 0 Å². The van der Waals surface area contributed by atoms with E-state index in [9.17, 15) is 0 Å². The number of benzene rings is 1. The molecule has 1 radical (unpaired) electrons. The Hall–Kier alpha value is 0.204. The molecule has 1 unspecified atom stereocenters. The second-order valence-electron chi connectivity index (χ2n) is 7.59. The van der Waals surface area contributed by atoms with Crippen LogP contribution in [0.1, 0.15) is 43.0 Å². The standard InChI is InChI=1S/C19H31N2O.Y/c1-14-9-16(3)17(10-15(14)2)12-21-7-8-22-18(13-21)11-20-19(4,5)6;/h10,18,20H,7-8,11-13H2,1-6H3;/q-1;. The molecule has 0 saturated carbocycles. The minimum absolute atomic E-state index is 0. The number of aryl methyl sites for hydroxylation is 3. The van der Waals surface area contributed by atoms with Crippen molar-refractivity contribution < 1.29 is 37.4 Å². The molecule has 1 fully saturated rings. The number of morpholine rings is 1. The predicted octanol–water partition coefficient (Wildman–Crippen LogP) is 3.00. The Morgan fingerprint density at radius 1 is 1.26 bits per heavy atom. The fourth-order valence-electron chi connectivity index (χ4n) is 2.81. The van der Waals surface area contributed by atoms with E-state index in [1.54, 1.807) is 0 Å². The van der Waals surface area contributed by atoms with Gasteiger partial charge < -0.3 is 15.0 Å². The van der Waals surface area contributed by atoms with Crippen molar-refractivity contribution in [1.82, 2.24) is 10.2 Å². The summed E-state index contributed by atoms with van der Waals surface area (Å²) in [5.74, 6) is 0. The van der Waals surface area contributed by atoms with E-state index >= 15 is 0 Å². The van der Waals surface area contributed by atoms with Gasteiger partial charge in [-0.1, -0.05) is 20.8 Å². The van der Waals surface area contributed by atoms with E-state index in [0.717, 1.165) is 32.8 Å². The van der Waals surface area contributed by atoms with Crippen molar-refractivity contribution in [2.24, 2.45) is 0 Å². The molecule has 3 nitrogen and oxygen atoms in total. The normalized spacial score (nSPS) is 19.5. The molecular weight excluding hydrogens is 361 g/mol. The van der Waals surface area contributed by atoms with Gasteiger partial charge in [0.15, 0.2) is 0 Å². The molecule has 127 valence electrons. The molecule has 0 bridgehead atoms. The molecule has 2 rings (SSSR count). The van der Waals surface area contributed by atoms with Gasteiger partial charge >= 0.3 is 0 Å². The molecule has 1 N–H and O–H groups in total. The Morgan fingerprint density at radius 2 is 1.96 bits per heavy atom. The van der Waals surface area contributed by atoms with Gasteiger partial charge in [0.1, 0.15) is 0 Å². The monoisotopic (exact) mass is 392 g/mol. The van der Waals surface area contributed by atoms with Crippen LogP contribution in [0, 0.1) is 26.8 Å². The van der Waals surface area contributed by atoms with Crippen LogP contribution in [0.5, 0.6) is 0 Å². The van der Waals surface area contributed by atoms with Crippen LogP contribution in [0.4, 0.5) is 0 Å². The van der Waals surface area contributed by atoms with E-state index in [4.69, 9.17) is 4.74 Å². The fourth-order valence-corrected chi connectivity index (χ4v) is 2.81. The van der Waals surface area contributed by atoms with Crippen LogP contribution in [-0.2, 0) is 44.0 Å². The quantitative estimate of drug-likeness (QED) is 0.798. The first-order valence-corrected chi connectivity index (χ1v) is 8.32. The summed E-state index contributed by atoms with van der Waals surface area (Å²) in [7, 11) is 0.